The third kappa shape index (κ3) is 5.69. The van der Waals surface area contributed by atoms with E-state index in [4.69, 9.17) is 0 Å². The van der Waals surface area contributed by atoms with Crippen molar-refractivity contribution >= 4 is 24.2 Å². The molecule has 2 atom stereocenters. The minimum Gasteiger partial charge on any atom is -0.337 e. The maximum absolute atomic E-state index is 13.2. The van der Waals surface area contributed by atoms with Gasteiger partial charge >= 0.3 is 0 Å². The van der Waals surface area contributed by atoms with Gasteiger partial charge in [0.2, 0.25) is 24.2 Å². The fourth-order valence-corrected chi connectivity index (χ4v) is 4.33. The summed E-state index contributed by atoms with van der Waals surface area (Å²) in [5, 5.41) is 10.1. The SMILES string of the molecule is CCCC[C@H](CN(O)C=O)C(=O)N1CCC[C@H]1C(=O)N1CCN(c2ncccn2)CC1. The van der Waals surface area contributed by atoms with Gasteiger partial charge in [-0.05, 0) is 25.3 Å². The quantitative estimate of drug-likeness (QED) is 0.349. The van der Waals surface area contributed by atoms with Gasteiger partial charge in [0.05, 0.1) is 12.5 Å². The van der Waals surface area contributed by atoms with Crippen LogP contribution in [0, 0.1) is 5.92 Å². The molecule has 31 heavy (non-hydrogen) atoms. The lowest BCUT2D eigenvalue weighted by atomic mass is 9.99. The first kappa shape index (κ1) is 22.9. The van der Waals surface area contributed by atoms with Crippen molar-refractivity contribution in [2.45, 2.75) is 45.1 Å². The van der Waals surface area contributed by atoms with E-state index < -0.39 is 12.0 Å². The zero-order valence-corrected chi connectivity index (χ0v) is 18.1. The Bertz CT molecular complexity index is 741. The molecule has 0 spiro atoms. The van der Waals surface area contributed by atoms with Crippen LogP contribution in [0.2, 0.25) is 0 Å². The van der Waals surface area contributed by atoms with Crippen LogP contribution in [0.1, 0.15) is 39.0 Å². The number of nitrogens with zero attached hydrogens (tertiary/aromatic N) is 6. The molecule has 2 aliphatic heterocycles. The van der Waals surface area contributed by atoms with Gasteiger partial charge in [-0.15, -0.1) is 0 Å². The first-order chi connectivity index (χ1) is 15.0. The van der Waals surface area contributed by atoms with Crippen molar-refractivity contribution in [1.82, 2.24) is 24.8 Å². The van der Waals surface area contributed by atoms with Crippen LogP contribution in [0.15, 0.2) is 18.5 Å². The second-order valence-corrected chi connectivity index (χ2v) is 8.12. The Morgan fingerprint density at radius 1 is 1.23 bits per heavy atom. The number of unbranched alkanes of at least 4 members (excludes halogenated alkanes) is 1. The Hall–Kier alpha value is -2.75. The summed E-state index contributed by atoms with van der Waals surface area (Å²) in [4.78, 5) is 51.4. The average Bonchev–Trinajstić information content (AvgIpc) is 3.31. The molecule has 10 heteroatoms. The molecular formula is C21H32N6O4. The number of anilines is 1. The second-order valence-electron chi connectivity index (χ2n) is 8.12. The van der Waals surface area contributed by atoms with Gasteiger partial charge in [0, 0.05) is 45.1 Å². The van der Waals surface area contributed by atoms with Gasteiger partial charge in [-0.2, -0.15) is 0 Å². The molecule has 0 saturated carbocycles. The van der Waals surface area contributed by atoms with Gasteiger partial charge in [0.25, 0.3) is 0 Å². The predicted octanol–water partition coefficient (Wildman–Crippen LogP) is 0.770. The first-order valence-electron chi connectivity index (χ1n) is 11.1. The number of amides is 3. The van der Waals surface area contributed by atoms with Gasteiger partial charge in [0.15, 0.2) is 0 Å². The van der Waals surface area contributed by atoms with Crippen molar-refractivity contribution in [2.24, 2.45) is 5.92 Å². The van der Waals surface area contributed by atoms with Crippen LogP contribution in [-0.4, -0.2) is 93.6 Å². The molecule has 1 N–H and O–H groups in total. The molecule has 10 nitrogen and oxygen atoms in total. The highest BCUT2D eigenvalue weighted by Crippen LogP contribution is 2.25. The van der Waals surface area contributed by atoms with Gasteiger partial charge in [-0.25, -0.2) is 15.0 Å². The number of piperazine rings is 1. The summed E-state index contributed by atoms with van der Waals surface area (Å²) in [7, 11) is 0. The number of hydroxylamine groups is 2. The Morgan fingerprint density at radius 3 is 2.58 bits per heavy atom. The van der Waals surface area contributed by atoms with Gasteiger partial charge in [-0.3, -0.25) is 19.6 Å². The molecule has 2 fully saturated rings. The van der Waals surface area contributed by atoms with Crippen molar-refractivity contribution in [2.75, 3.05) is 44.2 Å². The second kappa shape index (κ2) is 11.0. The summed E-state index contributed by atoms with van der Waals surface area (Å²) in [6.07, 6.45) is 7.44. The lowest BCUT2D eigenvalue weighted by Gasteiger charge is -2.37. The highest BCUT2D eigenvalue weighted by Gasteiger charge is 2.39. The average molecular weight is 433 g/mol. The van der Waals surface area contributed by atoms with Gasteiger partial charge < -0.3 is 14.7 Å². The standard InChI is InChI=1S/C21H32N6O4/c1-2-3-6-17(15-26(31)16-28)19(29)27-10-4-7-18(27)20(30)24-11-13-25(14-12-24)21-22-8-5-9-23-21/h5,8-9,16-18,31H,2-4,6-7,10-15H2,1H3/t17-,18+/m1/s1. The summed E-state index contributed by atoms with van der Waals surface area (Å²) < 4.78 is 0. The summed E-state index contributed by atoms with van der Waals surface area (Å²) >= 11 is 0. The fourth-order valence-electron chi connectivity index (χ4n) is 4.33. The van der Waals surface area contributed by atoms with E-state index in [0.29, 0.717) is 63.0 Å². The maximum Gasteiger partial charge on any atom is 0.245 e. The molecule has 3 amide bonds. The normalized spacial score (nSPS) is 19.9. The van der Waals surface area contributed by atoms with Crippen LogP contribution in [0.4, 0.5) is 5.95 Å². The molecule has 0 bridgehead atoms. The molecule has 0 aliphatic carbocycles. The van der Waals surface area contributed by atoms with Crippen LogP contribution >= 0.6 is 0 Å². The third-order valence-corrected chi connectivity index (χ3v) is 6.03. The summed E-state index contributed by atoms with van der Waals surface area (Å²) in [6.45, 7) is 4.93. The highest BCUT2D eigenvalue weighted by atomic mass is 16.5. The van der Waals surface area contributed by atoms with Crippen molar-refractivity contribution in [3.05, 3.63) is 18.5 Å². The number of hydrogen-bond donors (Lipinski definition) is 1. The number of likely N-dealkylation sites (tertiary alicyclic amines) is 1. The molecule has 0 radical (unpaired) electrons. The van der Waals surface area contributed by atoms with E-state index in [2.05, 4.69) is 14.9 Å². The molecule has 1 aromatic heterocycles. The largest absolute Gasteiger partial charge is 0.337 e. The first-order valence-corrected chi connectivity index (χ1v) is 11.1. The minimum absolute atomic E-state index is 0.0232. The number of hydrogen-bond acceptors (Lipinski definition) is 7. The molecule has 2 saturated heterocycles. The van der Waals surface area contributed by atoms with E-state index >= 15 is 0 Å². The van der Waals surface area contributed by atoms with Gasteiger partial charge in [0.1, 0.15) is 6.04 Å². The fraction of sp³-hybridized carbons (Fsp3) is 0.667. The number of carbonyl (C=O) groups excluding carboxylic acids is 3. The van der Waals surface area contributed by atoms with Crippen LogP contribution in [-0.2, 0) is 14.4 Å². The van der Waals surface area contributed by atoms with Crippen LogP contribution < -0.4 is 4.90 Å². The Morgan fingerprint density at radius 2 is 1.94 bits per heavy atom. The van der Waals surface area contributed by atoms with Crippen molar-refractivity contribution in [3.63, 3.8) is 0 Å². The van der Waals surface area contributed by atoms with E-state index in [1.165, 1.54) is 0 Å². The monoisotopic (exact) mass is 432 g/mol. The van der Waals surface area contributed by atoms with E-state index in [1.807, 2.05) is 11.8 Å². The molecule has 0 unspecified atom stereocenters. The summed E-state index contributed by atoms with van der Waals surface area (Å²) in [6, 6.07) is 1.30. The van der Waals surface area contributed by atoms with Crippen LogP contribution in [0.5, 0.6) is 0 Å². The molecule has 3 heterocycles. The minimum atomic E-state index is -0.504. The molecule has 3 rings (SSSR count). The third-order valence-electron chi connectivity index (χ3n) is 6.03. The molecule has 170 valence electrons. The van der Waals surface area contributed by atoms with E-state index in [9.17, 15) is 19.6 Å². The topological polar surface area (TPSA) is 110 Å². The van der Waals surface area contributed by atoms with Crippen molar-refractivity contribution in [3.8, 4) is 0 Å². The highest BCUT2D eigenvalue weighted by molar-refractivity contribution is 5.89. The Kier molecular flexibility index (Phi) is 8.16. The zero-order chi connectivity index (χ0) is 22.2. The summed E-state index contributed by atoms with van der Waals surface area (Å²) in [5.74, 6) is -0.0168. The predicted molar refractivity (Wildman–Crippen MR) is 113 cm³/mol. The van der Waals surface area contributed by atoms with Crippen LogP contribution in [0.25, 0.3) is 0 Å². The lowest BCUT2D eigenvalue weighted by Crippen LogP contribution is -2.55. The maximum atomic E-state index is 13.2. The smallest absolute Gasteiger partial charge is 0.245 e. The number of aromatic nitrogens is 2. The van der Waals surface area contributed by atoms with Crippen molar-refractivity contribution in [1.29, 1.82) is 0 Å². The Labute approximate surface area is 182 Å². The van der Waals surface area contributed by atoms with Crippen LogP contribution in [0.3, 0.4) is 0 Å². The molecule has 2 aliphatic rings. The van der Waals surface area contributed by atoms with Crippen molar-refractivity contribution < 1.29 is 19.6 Å². The summed E-state index contributed by atoms with van der Waals surface area (Å²) in [5.41, 5.74) is 0. The number of rotatable bonds is 9. The molecule has 0 aromatic carbocycles. The lowest BCUT2D eigenvalue weighted by molar-refractivity contribution is -0.158. The molecular weight excluding hydrogens is 400 g/mol. The van der Waals surface area contributed by atoms with E-state index in [1.54, 1.807) is 23.4 Å². The zero-order valence-electron chi connectivity index (χ0n) is 18.1. The van der Waals surface area contributed by atoms with E-state index in [-0.39, 0.29) is 18.4 Å². The number of carbonyl (C=O) groups is 3. The van der Waals surface area contributed by atoms with E-state index in [0.717, 1.165) is 19.3 Å². The van der Waals surface area contributed by atoms with Gasteiger partial charge in [-0.1, -0.05) is 19.8 Å². The molecule has 1 aromatic rings. The Balaban J connectivity index is 1.61.